The molecule has 98 valence electrons. The zero-order valence-electron chi connectivity index (χ0n) is 9.88. The molecule has 19 heavy (non-hydrogen) atoms. The monoisotopic (exact) mass is 312 g/mol. The Balaban J connectivity index is 2.05. The second-order valence-electron chi connectivity index (χ2n) is 3.90. The molecule has 0 saturated carbocycles. The topological polar surface area (TPSA) is 24.1 Å². The SMILES string of the molecule is C=C(Nc1cccc(Cl)c1)Nc1cc(Cl)cc(Cl)c1. The third-order valence-electron chi connectivity index (χ3n) is 2.28. The highest BCUT2D eigenvalue weighted by Crippen LogP contribution is 2.24. The van der Waals surface area contributed by atoms with E-state index in [9.17, 15) is 0 Å². The highest BCUT2D eigenvalue weighted by molar-refractivity contribution is 6.35. The standard InChI is InChI=1S/C14H11Cl3N2/c1-9(18-13-4-2-3-10(15)6-13)19-14-7-11(16)5-12(17)8-14/h2-8,18-19H,1H2. The van der Waals surface area contributed by atoms with Gasteiger partial charge < -0.3 is 10.6 Å². The Morgan fingerprint density at radius 2 is 1.37 bits per heavy atom. The highest BCUT2D eigenvalue weighted by Gasteiger charge is 2.01. The average molecular weight is 314 g/mol. The van der Waals surface area contributed by atoms with Gasteiger partial charge in [-0.1, -0.05) is 47.4 Å². The first-order chi connectivity index (χ1) is 9.02. The Morgan fingerprint density at radius 1 is 0.789 bits per heavy atom. The highest BCUT2D eigenvalue weighted by atomic mass is 35.5. The third kappa shape index (κ3) is 4.35. The summed E-state index contributed by atoms with van der Waals surface area (Å²) in [5, 5.41) is 7.95. The molecule has 0 atom stereocenters. The van der Waals surface area contributed by atoms with E-state index in [4.69, 9.17) is 34.8 Å². The van der Waals surface area contributed by atoms with Crippen LogP contribution in [0.1, 0.15) is 0 Å². The summed E-state index contributed by atoms with van der Waals surface area (Å²) in [7, 11) is 0. The van der Waals surface area contributed by atoms with Crippen LogP contribution in [-0.4, -0.2) is 0 Å². The number of anilines is 2. The Bertz CT molecular complexity index is 591. The fourth-order valence-electron chi connectivity index (χ4n) is 1.57. The molecule has 0 aliphatic heterocycles. The lowest BCUT2D eigenvalue weighted by molar-refractivity contribution is 1.38. The van der Waals surface area contributed by atoms with Gasteiger partial charge in [-0.2, -0.15) is 0 Å². The van der Waals surface area contributed by atoms with Crippen LogP contribution in [0, 0.1) is 0 Å². The van der Waals surface area contributed by atoms with Crippen molar-refractivity contribution in [2.45, 2.75) is 0 Å². The lowest BCUT2D eigenvalue weighted by Crippen LogP contribution is -2.07. The fourth-order valence-corrected chi connectivity index (χ4v) is 2.29. The Hall–Kier alpha value is -1.35. The Morgan fingerprint density at radius 3 is 2.00 bits per heavy atom. The summed E-state index contributed by atoms with van der Waals surface area (Å²) >= 11 is 17.8. The van der Waals surface area contributed by atoms with E-state index in [0.717, 1.165) is 11.4 Å². The quantitative estimate of drug-likeness (QED) is 0.763. The van der Waals surface area contributed by atoms with Crippen molar-refractivity contribution >= 4 is 46.2 Å². The molecular weight excluding hydrogens is 303 g/mol. The first-order valence-corrected chi connectivity index (χ1v) is 6.61. The van der Waals surface area contributed by atoms with E-state index in [1.54, 1.807) is 30.3 Å². The number of hydrogen-bond acceptors (Lipinski definition) is 2. The molecule has 0 unspecified atom stereocenters. The van der Waals surface area contributed by atoms with Crippen LogP contribution in [-0.2, 0) is 0 Å². The molecule has 0 saturated heterocycles. The van der Waals surface area contributed by atoms with Gasteiger partial charge in [0.05, 0.1) is 0 Å². The van der Waals surface area contributed by atoms with E-state index < -0.39 is 0 Å². The summed E-state index contributed by atoms with van der Waals surface area (Å²) in [6.45, 7) is 3.88. The van der Waals surface area contributed by atoms with Crippen molar-refractivity contribution in [1.29, 1.82) is 0 Å². The zero-order valence-corrected chi connectivity index (χ0v) is 12.2. The molecule has 0 radical (unpaired) electrons. The number of halogens is 3. The van der Waals surface area contributed by atoms with E-state index in [1.165, 1.54) is 0 Å². The van der Waals surface area contributed by atoms with E-state index >= 15 is 0 Å². The van der Waals surface area contributed by atoms with Gasteiger partial charge in [-0.3, -0.25) is 0 Å². The molecule has 0 fully saturated rings. The van der Waals surface area contributed by atoms with Gasteiger partial charge in [0, 0.05) is 26.4 Å². The lowest BCUT2D eigenvalue weighted by Gasteiger charge is -2.13. The van der Waals surface area contributed by atoms with Crippen molar-refractivity contribution in [3.05, 3.63) is 69.9 Å². The van der Waals surface area contributed by atoms with Crippen molar-refractivity contribution in [3.8, 4) is 0 Å². The predicted octanol–water partition coefficient (Wildman–Crippen LogP) is 5.64. The molecule has 2 aromatic carbocycles. The van der Waals surface area contributed by atoms with Crippen LogP contribution in [0.25, 0.3) is 0 Å². The summed E-state index contributed by atoms with van der Waals surface area (Å²) in [5.41, 5.74) is 1.61. The number of hydrogen-bond donors (Lipinski definition) is 2. The minimum Gasteiger partial charge on any atom is -0.342 e. The number of benzene rings is 2. The van der Waals surface area contributed by atoms with Crippen molar-refractivity contribution in [2.24, 2.45) is 0 Å². The van der Waals surface area contributed by atoms with Crippen molar-refractivity contribution < 1.29 is 0 Å². The Labute approximate surface area is 127 Å². The van der Waals surface area contributed by atoms with Gasteiger partial charge in [0.1, 0.15) is 5.82 Å². The number of nitrogens with one attached hydrogen (secondary N) is 2. The van der Waals surface area contributed by atoms with Crippen LogP contribution < -0.4 is 10.6 Å². The normalized spacial score (nSPS) is 10.1. The first kappa shape index (κ1) is 14.1. The molecule has 0 spiro atoms. The fraction of sp³-hybridized carbons (Fsp3) is 0. The summed E-state index contributed by atoms with van der Waals surface area (Å²) in [4.78, 5) is 0. The van der Waals surface area contributed by atoms with Crippen LogP contribution in [0.5, 0.6) is 0 Å². The minimum atomic E-state index is 0.561. The van der Waals surface area contributed by atoms with Gasteiger partial charge in [-0.05, 0) is 36.4 Å². The maximum absolute atomic E-state index is 5.92. The van der Waals surface area contributed by atoms with Gasteiger partial charge in [0.15, 0.2) is 0 Å². The molecule has 0 aliphatic carbocycles. The van der Waals surface area contributed by atoms with Gasteiger partial charge in [-0.15, -0.1) is 0 Å². The van der Waals surface area contributed by atoms with E-state index in [1.807, 2.05) is 12.1 Å². The summed E-state index contributed by atoms with van der Waals surface area (Å²) in [5.74, 6) is 0.598. The molecule has 2 nitrogen and oxygen atoms in total. The van der Waals surface area contributed by atoms with E-state index in [2.05, 4.69) is 17.2 Å². The van der Waals surface area contributed by atoms with Crippen molar-refractivity contribution in [1.82, 2.24) is 0 Å². The second-order valence-corrected chi connectivity index (χ2v) is 5.21. The zero-order chi connectivity index (χ0) is 13.8. The molecule has 2 aromatic rings. The molecule has 0 bridgehead atoms. The average Bonchev–Trinajstić information content (AvgIpc) is 2.26. The maximum atomic E-state index is 5.92. The molecule has 2 N–H and O–H groups in total. The summed E-state index contributed by atoms with van der Waals surface area (Å²) in [6.07, 6.45) is 0. The third-order valence-corrected chi connectivity index (χ3v) is 2.95. The smallest absolute Gasteiger partial charge is 0.100 e. The predicted molar refractivity (Wildman–Crippen MR) is 84.3 cm³/mol. The molecule has 0 aliphatic rings. The molecule has 0 aromatic heterocycles. The minimum absolute atomic E-state index is 0.561. The van der Waals surface area contributed by atoms with Crippen LogP contribution in [0.4, 0.5) is 11.4 Å². The van der Waals surface area contributed by atoms with Crippen molar-refractivity contribution in [3.63, 3.8) is 0 Å². The van der Waals surface area contributed by atoms with Gasteiger partial charge >= 0.3 is 0 Å². The van der Waals surface area contributed by atoms with E-state index in [-0.39, 0.29) is 0 Å². The van der Waals surface area contributed by atoms with Gasteiger partial charge in [0.25, 0.3) is 0 Å². The Kier molecular flexibility index (Phi) is 4.59. The molecular formula is C14H11Cl3N2. The van der Waals surface area contributed by atoms with Gasteiger partial charge in [0.2, 0.25) is 0 Å². The first-order valence-electron chi connectivity index (χ1n) is 5.47. The summed E-state index contributed by atoms with van der Waals surface area (Å²) < 4.78 is 0. The lowest BCUT2D eigenvalue weighted by atomic mass is 10.3. The second kappa shape index (κ2) is 6.20. The molecule has 2 rings (SSSR count). The van der Waals surface area contributed by atoms with Crippen molar-refractivity contribution in [2.75, 3.05) is 10.6 Å². The van der Waals surface area contributed by atoms with Gasteiger partial charge in [-0.25, -0.2) is 0 Å². The summed E-state index contributed by atoms with van der Waals surface area (Å²) in [6, 6.07) is 12.6. The van der Waals surface area contributed by atoms with Crippen LogP contribution in [0.3, 0.4) is 0 Å². The van der Waals surface area contributed by atoms with Crippen LogP contribution in [0.2, 0.25) is 15.1 Å². The molecule has 0 amide bonds. The largest absolute Gasteiger partial charge is 0.342 e. The van der Waals surface area contributed by atoms with E-state index in [0.29, 0.717) is 20.9 Å². The van der Waals surface area contributed by atoms with Crippen LogP contribution in [0.15, 0.2) is 54.9 Å². The maximum Gasteiger partial charge on any atom is 0.100 e. The molecule has 5 heteroatoms. The molecule has 0 heterocycles. The van der Waals surface area contributed by atoms with Crippen LogP contribution >= 0.6 is 34.8 Å². The number of rotatable bonds is 4.